The monoisotopic (exact) mass is 271 g/mol. The number of likely N-dealkylation sites (N-methyl/N-ethyl adjacent to an activating group) is 1. The molecule has 2 unspecified atom stereocenters. The largest absolute Gasteiger partial charge is 0.481 e. The lowest BCUT2D eigenvalue weighted by molar-refractivity contribution is -0.150. The molecule has 1 heterocycles. The summed E-state index contributed by atoms with van der Waals surface area (Å²) in [6.45, 7) is 5.32. The molecule has 2 atom stereocenters. The summed E-state index contributed by atoms with van der Waals surface area (Å²) in [6, 6.07) is -0.123. The number of nitrogens with zero attached hydrogens (tertiary/aromatic N) is 2. The number of likely N-dealkylation sites (tertiary alicyclic amines) is 1. The van der Waals surface area contributed by atoms with E-state index in [1.165, 1.54) is 0 Å². The van der Waals surface area contributed by atoms with Gasteiger partial charge in [0.25, 0.3) is 0 Å². The molecule has 0 saturated carbocycles. The van der Waals surface area contributed by atoms with E-state index in [0.717, 1.165) is 13.0 Å². The van der Waals surface area contributed by atoms with E-state index in [1.54, 1.807) is 11.8 Å². The van der Waals surface area contributed by atoms with Crippen LogP contribution in [0.2, 0.25) is 0 Å². The number of rotatable bonds is 4. The minimum absolute atomic E-state index is 0.0421. The summed E-state index contributed by atoms with van der Waals surface area (Å²) in [6.07, 6.45) is 1.36. The zero-order chi connectivity index (χ0) is 14.6. The Bertz CT molecular complexity index is 346. The smallest absolute Gasteiger partial charge is 0.317 e. The Labute approximate surface area is 114 Å². The SMILES string of the molecule is CC(CN(C)C)NC(=O)N1CCCC(C)(C(=O)O)C1. The molecule has 0 aromatic carbocycles. The molecule has 2 N–H and O–H groups in total. The van der Waals surface area contributed by atoms with E-state index in [0.29, 0.717) is 13.0 Å². The predicted molar refractivity (Wildman–Crippen MR) is 73.1 cm³/mol. The third-order valence-corrected chi connectivity index (χ3v) is 3.51. The lowest BCUT2D eigenvalue weighted by atomic mass is 9.82. The molecule has 6 nitrogen and oxygen atoms in total. The van der Waals surface area contributed by atoms with Crippen molar-refractivity contribution in [1.82, 2.24) is 15.1 Å². The first-order valence-electron chi connectivity index (χ1n) is 6.68. The molecule has 0 bridgehead atoms. The van der Waals surface area contributed by atoms with Crippen molar-refractivity contribution in [2.24, 2.45) is 5.41 Å². The predicted octanol–water partition coefficient (Wildman–Crippen LogP) is 0.833. The molecule has 1 rings (SSSR count). The molecule has 110 valence electrons. The average Bonchev–Trinajstić information content (AvgIpc) is 2.27. The van der Waals surface area contributed by atoms with Crippen molar-refractivity contribution < 1.29 is 14.7 Å². The van der Waals surface area contributed by atoms with Gasteiger partial charge in [-0.1, -0.05) is 0 Å². The van der Waals surface area contributed by atoms with Crippen LogP contribution >= 0.6 is 0 Å². The Morgan fingerprint density at radius 3 is 2.63 bits per heavy atom. The molecule has 0 aromatic rings. The number of hydrogen-bond acceptors (Lipinski definition) is 3. The fourth-order valence-electron chi connectivity index (χ4n) is 2.48. The Balaban J connectivity index is 2.55. The minimum Gasteiger partial charge on any atom is -0.481 e. The van der Waals surface area contributed by atoms with E-state index in [4.69, 9.17) is 0 Å². The minimum atomic E-state index is -0.827. The van der Waals surface area contributed by atoms with Crippen LogP contribution in [-0.2, 0) is 4.79 Å². The van der Waals surface area contributed by atoms with E-state index in [1.807, 2.05) is 25.9 Å². The lowest BCUT2D eigenvalue weighted by Crippen LogP contribution is -2.53. The van der Waals surface area contributed by atoms with Gasteiger partial charge in [-0.3, -0.25) is 4.79 Å². The number of carbonyl (C=O) groups excluding carboxylic acids is 1. The highest BCUT2D eigenvalue weighted by Crippen LogP contribution is 2.29. The van der Waals surface area contributed by atoms with Crippen molar-refractivity contribution in [2.45, 2.75) is 32.7 Å². The second-order valence-corrected chi connectivity index (χ2v) is 6.00. The Kier molecular flexibility index (Phi) is 5.17. The van der Waals surface area contributed by atoms with Gasteiger partial charge in [-0.25, -0.2) is 4.79 Å². The Morgan fingerprint density at radius 1 is 1.47 bits per heavy atom. The number of carboxylic acids is 1. The van der Waals surface area contributed by atoms with Crippen molar-refractivity contribution in [1.29, 1.82) is 0 Å². The van der Waals surface area contributed by atoms with Gasteiger partial charge in [-0.05, 0) is 40.8 Å². The van der Waals surface area contributed by atoms with Gasteiger partial charge < -0.3 is 20.2 Å². The van der Waals surface area contributed by atoms with Crippen molar-refractivity contribution in [3.05, 3.63) is 0 Å². The van der Waals surface area contributed by atoms with Crippen LogP contribution in [0.25, 0.3) is 0 Å². The third kappa shape index (κ3) is 4.38. The number of amides is 2. The van der Waals surface area contributed by atoms with E-state index in [9.17, 15) is 14.7 Å². The molecular weight excluding hydrogens is 246 g/mol. The number of carbonyl (C=O) groups is 2. The number of piperidine rings is 1. The normalized spacial score (nSPS) is 25.2. The lowest BCUT2D eigenvalue weighted by Gasteiger charge is -2.38. The zero-order valence-corrected chi connectivity index (χ0v) is 12.3. The zero-order valence-electron chi connectivity index (χ0n) is 12.3. The van der Waals surface area contributed by atoms with Gasteiger partial charge in [-0.2, -0.15) is 0 Å². The van der Waals surface area contributed by atoms with E-state index < -0.39 is 11.4 Å². The molecule has 2 amide bonds. The Morgan fingerprint density at radius 2 is 2.11 bits per heavy atom. The first-order valence-corrected chi connectivity index (χ1v) is 6.68. The van der Waals surface area contributed by atoms with Gasteiger partial charge in [0, 0.05) is 25.7 Å². The molecule has 1 aliphatic rings. The van der Waals surface area contributed by atoms with Crippen LogP contribution in [0.4, 0.5) is 4.79 Å². The van der Waals surface area contributed by atoms with E-state index in [2.05, 4.69) is 5.32 Å². The summed E-state index contributed by atoms with van der Waals surface area (Å²) < 4.78 is 0. The van der Waals surface area contributed by atoms with Crippen molar-refractivity contribution >= 4 is 12.0 Å². The molecule has 0 aliphatic carbocycles. The van der Waals surface area contributed by atoms with Gasteiger partial charge in [0.1, 0.15) is 0 Å². The first-order chi connectivity index (χ1) is 8.74. The van der Waals surface area contributed by atoms with Gasteiger partial charge >= 0.3 is 12.0 Å². The molecule has 0 radical (unpaired) electrons. The van der Waals surface area contributed by atoms with Gasteiger partial charge in [0.2, 0.25) is 0 Å². The molecule has 1 aliphatic heterocycles. The highest BCUT2D eigenvalue weighted by atomic mass is 16.4. The van der Waals surface area contributed by atoms with Crippen LogP contribution in [0.3, 0.4) is 0 Å². The summed E-state index contributed by atoms with van der Waals surface area (Å²) in [7, 11) is 3.90. The summed E-state index contributed by atoms with van der Waals surface area (Å²) in [5.74, 6) is -0.827. The fourth-order valence-corrected chi connectivity index (χ4v) is 2.48. The second-order valence-electron chi connectivity index (χ2n) is 6.00. The summed E-state index contributed by atoms with van der Waals surface area (Å²) >= 11 is 0. The molecular formula is C13H25N3O3. The highest BCUT2D eigenvalue weighted by molar-refractivity contribution is 5.78. The van der Waals surface area contributed by atoms with Crippen molar-refractivity contribution in [3.63, 3.8) is 0 Å². The van der Waals surface area contributed by atoms with Crippen LogP contribution in [0, 0.1) is 5.41 Å². The maximum atomic E-state index is 12.1. The number of urea groups is 1. The van der Waals surface area contributed by atoms with Crippen LogP contribution in [0.15, 0.2) is 0 Å². The number of nitrogens with one attached hydrogen (secondary N) is 1. The third-order valence-electron chi connectivity index (χ3n) is 3.51. The molecule has 0 spiro atoms. The quantitative estimate of drug-likeness (QED) is 0.794. The topological polar surface area (TPSA) is 72.9 Å². The Hall–Kier alpha value is -1.30. The molecule has 6 heteroatoms. The van der Waals surface area contributed by atoms with Crippen LogP contribution in [-0.4, -0.2) is 66.7 Å². The van der Waals surface area contributed by atoms with Gasteiger partial charge in [-0.15, -0.1) is 0 Å². The maximum Gasteiger partial charge on any atom is 0.317 e. The summed E-state index contributed by atoms with van der Waals surface area (Å²) in [5.41, 5.74) is -0.819. The van der Waals surface area contributed by atoms with Gasteiger partial charge in [0.15, 0.2) is 0 Å². The van der Waals surface area contributed by atoms with E-state index >= 15 is 0 Å². The first kappa shape index (κ1) is 15.8. The standard InChI is InChI=1S/C13H25N3O3/c1-10(8-15(3)4)14-12(19)16-7-5-6-13(2,9-16)11(17)18/h10H,5-9H2,1-4H3,(H,14,19)(H,17,18). The van der Waals surface area contributed by atoms with Crippen molar-refractivity contribution in [2.75, 3.05) is 33.7 Å². The summed E-state index contributed by atoms with van der Waals surface area (Å²) in [5, 5.41) is 12.1. The number of aliphatic carboxylic acids is 1. The molecule has 19 heavy (non-hydrogen) atoms. The number of hydrogen-bond donors (Lipinski definition) is 2. The fraction of sp³-hybridized carbons (Fsp3) is 0.846. The van der Waals surface area contributed by atoms with E-state index in [-0.39, 0.29) is 18.6 Å². The molecule has 1 saturated heterocycles. The van der Waals surface area contributed by atoms with Crippen molar-refractivity contribution in [3.8, 4) is 0 Å². The summed E-state index contributed by atoms with van der Waals surface area (Å²) in [4.78, 5) is 27.0. The highest BCUT2D eigenvalue weighted by Gasteiger charge is 2.39. The molecule has 0 aromatic heterocycles. The second kappa shape index (κ2) is 6.23. The van der Waals surface area contributed by atoms with Gasteiger partial charge in [0.05, 0.1) is 5.41 Å². The van der Waals surface area contributed by atoms with Crippen LogP contribution in [0.5, 0.6) is 0 Å². The van der Waals surface area contributed by atoms with Crippen LogP contribution in [0.1, 0.15) is 26.7 Å². The average molecular weight is 271 g/mol. The number of carboxylic acid groups (broad SMARTS) is 1. The molecule has 1 fully saturated rings. The maximum absolute atomic E-state index is 12.1. The van der Waals surface area contributed by atoms with Crippen LogP contribution < -0.4 is 5.32 Å².